The number of carbonyl (C=O) groups excluding carboxylic acids is 3. The molecule has 0 spiro atoms. The van der Waals surface area contributed by atoms with E-state index in [4.69, 9.17) is 9.47 Å². The first-order chi connectivity index (χ1) is 26.3. The van der Waals surface area contributed by atoms with Crippen LogP contribution in [0.3, 0.4) is 0 Å². The van der Waals surface area contributed by atoms with Crippen molar-refractivity contribution in [2.45, 2.75) is 201 Å². The maximum absolute atomic E-state index is 13.1. The fraction of sp³-hybridized carbons (Fsp3) is 0.851. The predicted octanol–water partition coefficient (Wildman–Crippen LogP) is 13.6. The number of rotatable bonds is 40. The maximum atomic E-state index is 13.1. The van der Waals surface area contributed by atoms with E-state index in [1.807, 2.05) is 26.2 Å². The van der Waals surface area contributed by atoms with Gasteiger partial charge in [-0.3, -0.25) is 14.4 Å². The Bertz CT molecular complexity index is 857. The van der Waals surface area contributed by atoms with Crippen molar-refractivity contribution in [2.75, 3.05) is 46.2 Å². The van der Waals surface area contributed by atoms with E-state index >= 15 is 0 Å². The lowest BCUT2D eigenvalue weighted by Gasteiger charge is -2.18. The minimum atomic E-state index is -0.591. The normalized spacial score (nSPS) is 12.0. The Labute approximate surface area is 336 Å². The third-order valence-electron chi connectivity index (χ3n) is 10.6. The van der Waals surface area contributed by atoms with E-state index in [-0.39, 0.29) is 11.9 Å². The van der Waals surface area contributed by atoms with Crippen molar-refractivity contribution in [3.05, 3.63) is 24.3 Å². The third kappa shape index (κ3) is 34.9. The number of unbranched alkanes of at least 4 members (excludes halogenated alkanes) is 12. The van der Waals surface area contributed by atoms with Crippen molar-refractivity contribution in [2.24, 2.45) is 11.8 Å². The summed E-state index contributed by atoms with van der Waals surface area (Å²) in [4.78, 5) is 39.6. The Balaban J connectivity index is 4.19. The molecule has 316 valence electrons. The van der Waals surface area contributed by atoms with E-state index < -0.39 is 7.92 Å². The van der Waals surface area contributed by atoms with Crippen LogP contribution >= 0.6 is 7.92 Å². The first-order valence-electron chi connectivity index (χ1n) is 22.8. The molecule has 0 amide bonds. The summed E-state index contributed by atoms with van der Waals surface area (Å²) in [7, 11) is 3.48. The Morgan fingerprint density at radius 3 is 1.24 bits per heavy atom. The highest BCUT2D eigenvalue weighted by Crippen LogP contribution is 2.40. The van der Waals surface area contributed by atoms with Crippen LogP contribution in [0.15, 0.2) is 24.3 Å². The molecule has 0 radical (unpaired) electrons. The van der Waals surface area contributed by atoms with Gasteiger partial charge in [0.2, 0.25) is 0 Å². The molecular formula is C47H88NO5P. The van der Waals surface area contributed by atoms with Crippen LogP contribution in [0.25, 0.3) is 0 Å². The van der Waals surface area contributed by atoms with Crippen LogP contribution in [0.4, 0.5) is 0 Å². The molecule has 0 aliphatic carbocycles. The van der Waals surface area contributed by atoms with Gasteiger partial charge in [-0.05, 0) is 84.7 Å². The first kappa shape index (κ1) is 52.5. The van der Waals surface area contributed by atoms with Gasteiger partial charge in [0, 0.05) is 25.8 Å². The number of hydrogen-bond donors (Lipinski definition) is 0. The molecule has 54 heavy (non-hydrogen) atoms. The minimum Gasteiger partial charge on any atom is -0.461 e. The van der Waals surface area contributed by atoms with Crippen molar-refractivity contribution >= 4 is 25.4 Å². The smallest absolute Gasteiger partial charge is 0.306 e. The summed E-state index contributed by atoms with van der Waals surface area (Å²) in [5, 5.41) is 0. The quantitative estimate of drug-likeness (QED) is 0.0267. The monoisotopic (exact) mass is 778 g/mol. The molecule has 0 aromatic heterocycles. The van der Waals surface area contributed by atoms with E-state index in [0.29, 0.717) is 38.0 Å². The standard InChI is InChI=1S/C47H88NO5P/c1-7-11-29-43(30-12-8-2)33-23-25-39-52-45(49)35-21-17-15-19-27-41-54(47(51)37-38-48(5)6)42-28-20-16-18-22-36-46(50)53-40-26-24-34-44(31-13-9-3)32-14-10-4/h23-26,43-44H,7-22,27-42H2,1-6H3/b25-23-,26-24-. The maximum Gasteiger partial charge on any atom is 0.306 e. The van der Waals surface area contributed by atoms with E-state index in [1.165, 1.54) is 77.0 Å². The van der Waals surface area contributed by atoms with Crippen LogP contribution in [0.5, 0.6) is 0 Å². The van der Waals surface area contributed by atoms with E-state index in [2.05, 4.69) is 44.7 Å². The van der Waals surface area contributed by atoms with Gasteiger partial charge in [-0.1, -0.05) is 168 Å². The molecule has 0 saturated heterocycles. The Morgan fingerprint density at radius 2 is 0.870 bits per heavy atom. The molecule has 0 aromatic carbocycles. The van der Waals surface area contributed by atoms with Crippen molar-refractivity contribution in [3.63, 3.8) is 0 Å². The number of hydrogen-bond acceptors (Lipinski definition) is 6. The number of esters is 2. The zero-order valence-electron chi connectivity index (χ0n) is 36.5. The highest BCUT2D eigenvalue weighted by molar-refractivity contribution is 7.74. The second-order valence-corrected chi connectivity index (χ2v) is 18.5. The summed E-state index contributed by atoms with van der Waals surface area (Å²) in [6.07, 6.45) is 40.3. The number of ether oxygens (including phenoxy) is 2. The van der Waals surface area contributed by atoms with Crippen LogP contribution in [-0.4, -0.2) is 68.5 Å². The lowest BCUT2D eigenvalue weighted by Crippen LogP contribution is -2.17. The molecule has 0 saturated carbocycles. The van der Waals surface area contributed by atoms with E-state index in [1.54, 1.807) is 0 Å². The van der Waals surface area contributed by atoms with Crippen LogP contribution in [0, 0.1) is 11.8 Å². The SMILES string of the molecule is CCCCC(C/C=C\COC(=O)CCCCCCCP(CCCCCCCC(=O)OC/C=C\CC(CCCC)CCCC)C(=O)CCN(C)C)CCCC. The van der Waals surface area contributed by atoms with Gasteiger partial charge in [0.15, 0.2) is 5.52 Å². The topological polar surface area (TPSA) is 72.9 Å². The van der Waals surface area contributed by atoms with E-state index in [0.717, 1.165) is 108 Å². The summed E-state index contributed by atoms with van der Waals surface area (Å²) in [6, 6.07) is 0. The van der Waals surface area contributed by atoms with Gasteiger partial charge in [-0.2, -0.15) is 0 Å². The molecule has 6 nitrogen and oxygen atoms in total. The van der Waals surface area contributed by atoms with Crippen LogP contribution in [-0.2, 0) is 23.9 Å². The van der Waals surface area contributed by atoms with Gasteiger partial charge in [0.05, 0.1) is 0 Å². The average molecular weight is 778 g/mol. The van der Waals surface area contributed by atoms with E-state index in [9.17, 15) is 14.4 Å². The van der Waals surface area contributed by atoms with Gasteiger partial charge in [-0.15, -0.1) is 0 Å². The van der Waals surface area contributed by atoms with Crippen molar-refractivity contribution in [3.8, 4) is 0 Å². The fourth-order valence-corrected chi connectivity index (χ4v) is 9.26. The molecule has 0 bridgehead atoms. The van der Waals surface area contributed by atoms with Gasteiger partial charge in [0.25, 0.3) is 0 Å². The molecule has 0 aliphatic heterocycles. The Kier molecular flexibility index (Phi) is 38.6. The lowest BCUT2D eigenvalue weighted by atomic mass is 9.93. The predicted molar refractivity (Wildman–Crippen MR) is 235 cm³/mol. The molecular weight excluding hydrogens is 689 g/mol. The summed E-state index contributed by atoms with van der Waals surface area (Å²) in [5.74, 6) is 1.34. The molecule has 0 aliphatic rings. The van der Waals surface area contributed by atoms with Gasteiger partial charge in [0.1, 0.15) is 13.2 Å². The third-order valence-corrected chi connectivity index (χ3v) is 13.2. The Hall–Kier alpha value is -1.52. The number of carbonyl (C=O) groups is 3. The summed E-state index contributed by atoms with van der Waals surface area (Å²) in [6.45, 7) is 10.6. The van der Waals surface area contributed by atoms with Crippen molar-refractivity contribution in [1.82, 2.24) is 4.90 Å². The van der Waals surface area contributed by atoms with Crippen molar-refractivity contribution in [1.29, 1.82) is 0 Å². The van der Waals surface area contributed by atoms with Crippen LogP contribution < -0.4 is 0 Å². The fourth-order valence-electron chi connectivity index (χ4n) is 6.91. The largest absolute Gasteiger partial charge is 0.461 e. The molecule has 0 heterocycles. The number of allylic oxidation sites excluding steroid dienone is 2. The average Bonchev–Trinajstić information content (AvgIpc) is 3.16. The highest BCUT2D eigenvalue weighted by Gasteiger charge is 2.17. The molecule has 0 rings (SSSR count). The number of nitrogens with zero attached hydrogens (tertiary/aromatic N) is 1. The highest BCUT2D eigenvalue weighted by atomic mass is 31.1. The second kappa shape index (κ2) is 39.7. The molecule has 0 aromatic rings. The van der Waals surface area contributed by atoms with Gasteiger partial charge >= 0.3 is 11.9 Å². The molecule has 0 atom stereocenters. The Morgan fingerprint density at radius 1 is 0.500 bits per heavy atom. The molecule has 0 N–H and O–H groups in total. The van der Waals surface area contributed by atoms with Crippen LogP contribution in [0.2, 0.25) is 0 Å². The summed E-state index contributed by atoms with van der Waals surface area (Å²) in [5.41, 5.74) is 0.474. The van der Waals surface area contributed by atoms with Crippen LogP contribution in [0.1, 0.15) is 201 Å². The molecule has 0 unspecified atom stereocenters. The summed E-state index contributed by atoms with van der Waals surface area (Å²) >= 11 is 0. The zero-order chi connectivity index (χ0) is 39.9. The van der Waals surface area contributed by atoms with Gasteiger partial charge < -0.3 is 14.4 Å². The molecule has 7 heteroatoms. The zero-order valence-corrected chi connectivity index (χ0v) is 37.4. The molecule has 0 fully saturated rings. The summed E-state index contributed by atoms with van der Waals surface area (Å²) < 4.78 is 10.9. The minimum absolute atomic E-state index is 0.0879. The lowest BCUT2D eigenvalue weighted by molar-refractivity contribution is -0.143. The second-order valence-electron chi connectivity index (χ2n) is 16.1. The van der Waals surface area contributed by atoms with Crippen molar-refractivity contribution < 1.29 is 23.9 Å². The van der Waals surface area contributed by atoms with Gasteiger partial charge in [-0.25, -0.2) is 0 Å². The first-order valence-corrected chi connectivity index (χ1v) is 24.5.